The highest BCUT2D eigenvalue weighted by Crippen LogP contribution is 2.42. The van der Waals surface area contributed by atoms with Crippen molar-refractivity contribution in [3.63, 3.8) is 0 Å². The maximum absolute atomic E-state index is 13.5. The van der Waals surface area contributed by atoms with Crippen LogP contribution in [0, 0.1) is 5.41 Å². The van der Waals surface area contributed by atoms with Crippen molar-refractivity contribution in [2.75, 3.05) is 38.8 Å². The summed E-state index contributed by atoms with van der Waals surface area (Å²) in [5.41, 5.74) is 3.86. The summed E-state index contributed by atoms with van der Waals surface area (Å²) >= 11 is 0. The molecule has 0 saturated carbocycles. The second kappa shape index (κ2) is 11.1. The van der Waals surface area contributed by atoms with Crippen LogP contribution >= 0.6 is 17.0 Å². The van der Waals surface area contributed by atoms with E-state index in [1.807, 2.05) is 45.9 Å². The van der Waals surface area contributed by atoms with Gasteiger partial charge in [0.25, 0.3) is 5.91 Å². The minimum atomic E-state index is -0.310. The second-order valence-corrected chi connectivity index (χ2v) is 10.4. The van der Waals surface area contributed by atoms with Gasteiger partial charge in [0.1, 0.15) is 17.3 Å². The molecule has 2 amide bonds. The van der Waals surface area contributed by atoms with Crippen LogP contribution in [0.5, 0.6) is 11.5 Å². The zero-order valence-electron chi connectivity index (χ0n) is 22.7. The van der Waals surface area contributed by atoms with Gasteiger partial charge in [0.05, 0.1) is 25.3 Å². The Hall–Kier alpha value is -3.40. The lowest BCUT2D eigenvalue weighted by Crippen LogP contribution is -2.37. The van der Waals surface area contributed by atoms with E-state index in [0.29, 0.717) is 47.0 Å². The van der Waals surface area contributed by atoms with Crippen molar-refractivity contribution in [3.05, 3.63) is 52.1 Å². The van der Waals surface area contributed by atoms with E-state index in [0.717, 1.165) is 11.1 Å². The molecule has 9 nitrogen and oxygen atoms in total. The van der Waals surface area contributed by atoms with E-state index in [1.165, 1.54) is 4.90 Å². The van der Waals surface area contributed by atoms with Gasteiger partial charge in [0.15, 0.2) is 12.4 Å². The number of nitrogens with zero attached hydrogens (tertiary/aromatic N) is 2. The third kappa shape index (κ3) is 5.55. The second-order valence-electron chi connectivity index (χ2n) is 10.4. The molecule has 0 atom stereocenters. The zero-order valence-corrected chi connectivity index (χ0v) is 24.4. The number of amides is 2. The highest BCUT2D eigenvalue weighted by Gasteiger charge is 2.33. The van der Waals surface area contributed by atoms with Crippen LogP contribution in [0.15, 0.2) is 24.3 Å². The molecule has 0 aromatic heterocycles. The summed E-state index contributed by atoms with van der Waals surface area (Å²) in [5.74, 6) is 0.989. The molecule has 0 spiro atoms. The number of benzene rings is 2. The Balaban J connectivity index is 0.00000400. The molecular formula is C28H35BrN4O5. The monoisotopic (exact) mass is 586 g/mol. The normalized spacial score (nSPS) is 14.4. The van der Waals surface area contributed by atoms with Crippen molar-refractivity contribution >= 4 is 46.1 Å². The van der Waals surface area contributed by atoms with Gasteiger partial charge in [-0.1, -0.05) is 20.8 Å². The molecule has 0 saturated heterocycles. The summed E-state index contributed by atoms with van der Waals surface area (Å²) in [6.07, 6.45) is 0.143. The maximum Gasteiger partial charge on any atom is 0.264 e. The number of hydrogen-bond acceptors (Lipinski definition) is 6. The highest BCUT2D eigenvalue weighted by atomic mass is 79.9. The van der Waals surface area contributed by atoms with Crippen LogP contribution in [0.3, 0.4) is 0 Å². The first kappa shape index (κ1) is 29.2. The van der Waals surface area contributed by atoms with Gasteiger partial charge < -0.3 is 24.6 Å². The Labute approximate surface area is 233 Å². The lowest BCUT2D eigenvalue weighted by Gasteiger charge is -2.32. The average Bonchev–Trinajstić information content (AvgIpc) is 3.14. The SMILES string of the molecule is Br.CCOc1cc2c(cc1CC(=O)NC)C(=N)N(CC(=O)c1cc3c(c(C(C)(C)C)c1)OCC(=O)N3C)C2. The van der Waals surface area contributed by atoms with Gasteiger partial charge in [-0.25, -0.2) is 0 Å². The van der Waals surface area contributed by atoms with Crippen LogP contribution in [-0.2, 0) is 28.0 Å². The Morgan fingerprint density at radius 1 is 1.18 bits per heavy atom. The Morgan fingerprint density at radius 3 is 2.53 bits per heavy atom. The van der Waals surface area contributed by atoms with Gasteiger partial charge in [-0.2, -0.15) is 0 Å². The number of anilines is 1. The number of ether oxygens (including phenoxy) is 2. The molecule has 2 aromatic rings. The molecule has 0 aliphatic carbocycles. The number of likely N-dealkylation sites (N-methyl/N-ethyl adjacent to an activating group) is 2. The number of nitrogens with one attached hydrogen (secondary N) is 2. The van der Waals surface area contributed by atoms with Crippen LogP contribution in [0.1, 0.15) is 60.3 Å². The van der Waals surface area contributed by atoms with Crippen LogP contribution < -0.4 is 19.7 Å². The Morgan fingerprint density at radius 2 is 1.89 bits per heavy atom. The number of ketones is 1. The predicted octanol–water partition coefficient (Wildman–Crippen LogP) is 3.63. The number of amidine groups is 1. The van der Waals surface area contributed by atoms with E-state index in [9.17, 15) is 14.4 Å². The molecule has 10 heteroatoms. The molecule has 204 valence electrons. The Bertz CT molecular complexity index is 1300. The molecule has 38 heavy (non-hydrogen) atoms. The lowest BCUT2D eigenvalue weighted by molar-refractivity contribution is -0.121. The van der Waals surface area contributed by atoms with Crippen molar-refractivity contribution in [2.45, 2.75) is 46.1 Å². The van der Waals surface area contributed by atoms with E-state index in [1.54, 1.807) is 25.1 Å². The highest BCUT2D eigenvalue weighted by molar-refractivity contribution is 8.93. The number of carbonyl (C=O) groups is 3. The Kier molecular flexibility index (Phi) is 8.55. The number of carbonyl (C=O) groups excluding carboxylic acids is 3. The number of hydrogen-bond donors (Lipinski definition) is 2. The van der Waals surface area contributed by atoms with E-state index in [-0.39, 0.29) is 65.4 Å². The van der Waals surface area contributed by atoms with Gasteiger partial charge in [0, 0.05) is 42.9 Å². The van der Waals surface area contributed by atoms with Crippen LogP contribution in [-0.4, -0.2) is 62.2 Å². The number of Topliss-reactive ketones (excluding diaryl/α,β-unsaturated/α-hetero) is 1. The number of halogens is 1. The van der Waals surface area contributed by atoms with Crippen molar-refractivity contribution in [1.29, 1.82) is 5.41 Å². The number of fused-ring (bicyclic) bond motifs is 2. The largest absolute Gasteiger partial charge is 0.494 e. The van der Waals surface area contributed by atoms with Crippen molar-refractivity contribution < 1.29 is 23.9 Å². The zero-order chi connectivity index (χ0) is 27.1. The summed E-state index contributed by atoms with van der Waals surface area (Å²) in [7, 11) is 3.26. The molecule has 2 aliphatic rings. The summed E-state index contributed by atoms with van der Waals surface area (Å²) in [4.78, 5) is 41.1. The van der Waals surface area contributed by atoms with E-state index in [4.69, 9.17) is 14.9 Å². The van der Waals surface area contributed by atoms with Crippen molar-refractivity contribution in [2.24, 2.45) is 0 Å². The quantitative estimate of drug-likeness (QED) is 0.479. The van der Waals surface area contributed by atoms with Crippen LogP contribution in [0.4, 0.5) is 5.69 Å². The van der Waals surface area contributed by atoms with Gasteiger partial charge in [-0.15, -0.1) is 17.0 Å². The summed E-state index contributed by atoms with van der Waals surface area (Å²) in [6, 6.07) is 7.22. The van der Waals surface area contributed by atoms with Gasteiger partial charge in [0.2, 0.25) is 5.91 Å². The molecule has 2 aliphatic heterocycles. The first-order chi connectivity index (χ1) is 17.4. The fourth-order valence-electron chi connectivity index (χ4n) is 4.66. The minimum absolute atomic E-state index is 0. The predicted molar refractivity (Wildman–Crippen MR) is 151 cm³/mol. The third-order valence-electron chi connectivity index (χ3n) is 6.76. The molecule has 0 radical (unpaired) electrons. The van der Waals surface area contributed by atoms with Crippen molar-refractivity contribution in [1.82, 2.24) is 10.2 Å². The average molecular weight is 588 g/mol. The lowest BCUT2D eigenvalue weighted by atomic mass is 9.84. The van der Waals surface area contributed by atoms with Crippen LogP contribution in [0.25, 0.3) is 0 Å². The van der Waals surface area contributed by atoms with E-state index >= 15 is 0 Å². The first-order valence-electron chi connectivity index (χ1n) is 12.4. The fourth-order valence-corrected chi connectivity index (χ4v) is 4.66. The third-order valence-corrected chi connectivity index (χ3v) is 6.76. The number of rotatable bonds is 7. The summed E-state index contributed by atoms with van der Waals surface area (Å²) in [6.45, 7) is 8.80. The summed E-state index contributed by atoms with van der Waals surface area (Å²) in [5, 5.41) is 11.4. The fraction of sp³-hybridized carbons (Fsp3) is 0.429. The molecule has 0 bridgehead atoms. The molecule has 0 fully saturated rings. The molecule has 2 aromatic carbocycles. The summed E-state index contributed by atoms with van der Waals surface area (Å²) < 4.78 is 11.5. The molecule has 4 rings (SSSR count). The van der Waals surface area contributed by atoms with E-state index in [2.05, 4.69) is 5.32 Å². The van der Waals surface area contributed by atoms with E-state index < -0.39 is 0 Å². The smallest absolute Gasteiger partial charge is 0.264 e. The molecule has 2 N–H and O–H groups in total. The first-order valence-corrected chi connectivity index (χ1v) is 12.4. The van der Waals surface area contributed by atoms with Gasteiger partial charge >= 0.3 is 0 Å². The minimum Gasteiger partial charge on any atom is -0.494 e. The standard InChI is InChI=1S/C28H34N4O5.BrH/c1-7-36-23-11-18-13-32(27(29)19(18)8-17(23)12-24(34)30-5)14-22(33)16-9-20(28(2,3)4)26-21(10-16)31(6)25(35)15-37-26;/h8-11,29H,7,12-15H2,1-6H3,(H,30,34);1H. The molecular weight excluding hydrogens is 552 g/mol. The van der Waals surface area contributed by atoms with Crippen molar-refractivity contribution in [3.8, 4) is 11.5 Å². The van der Waals surface area contributed by atoms with Gasteiger partial charge in [-0.3, -0.25) is 19.8 Å². The molecule has 2 heterocycles. The van der Waals surface area contributed by atoms with Crippen LogP contribution in [0.2, 0.25) is 0 Å². The topological polar surface area (TPSA) is 112 Å². The van der Waals surface area contributed by atoms with Gasteiger partial charge in [-0.05, 0) is 42.2 Å². The maximum atomic E-state index is 13.5. The molecule has 0 unspecified atom stereocenters.